The molecule has 1 atom stereocenters. The Hall–Kier alpha value is -1.19. The van der Waals surface area contributed by atoms with E-state index in [9.17, 15) is 13.2 Å². The van der Waals surface area contributed by atoms with E-state index >= 15 is 0 Å². The summed E-state index contributed by atoms with van der Waals surface area (Å²) in [4.78, 5) is 0. The Balaban J connectivity index is 2.61. The zero-order valence-corrected chi connectivity index (χ0v) is 7.01. The Labute approximate surface area is 74.1 Å². The summed E-state index contributed by atoms with van der Waals surface area (Å²) in [6.07, 6.45) is -6.08. The average Bonchev–Trinajstić information content (AvgIpc) is 2.04. The van der Waals surface area contributed by atoms with E-state index in [4.69, 9.17) is 0 Å². The third kappa shape index (κ3) is 2.97. The van der Waals surface area contributed by atoms with Crippen molar-refractivity contribution < 1.29 is 17.9 Å². The molecule has 0 saturated heterocycles. The molecule has 0 fully saturated rings. The van der Waals surface area contributed by atoms with Gasteiger partial charge in [0.25, 0.3) is 0 Å². The molecule has 1 nitrogen and oxygen atoms in total. The maximum absolute atomic E-state index is 12.0. The first-order valence-electron chi connectivity index (χ1n) is 3.78. The lowest BCUT2D eigenvalue weighted by Crippen LogP contribution is -2.31. The Morgan fingerprint density at radius 3 is 2.15 bits per heavy atom. The van der Waals surface area contributed by atoms with E-state index in [1.807, 2.05) is 0 Å². The molecular weight excluding hydrogens is 181 g/mol. The fourth-order valence-electron chi connectivity index (χ4n) is 0.770. The van der Waals surface area contributed by atoms with Gasteiger partial charge in [-0.1, -0.05) is 18.2 Å². The summed E-state index contributed by atoms with van der Waals surface area (Å²) in [6.45, 7) is 0.979. The number of hydrogen-bond donors (Lipinski definition) is 0. The first kappa shape index (κ1) is 9.89. The minimum Gasteiger partial charge on any atom is -0.481 e. The SMILES string of the molecule is C[C@@H](Oc1ccccc1)C(F)(F)F. The minimum absolute atomic E-state index is 0.229. The van der Waals surface area contributed by atoms with E-state index in [1.54, 1.807) is 18.2 Å². The monoisotopic (exact) mass is 190 g/mol. The molecule has 13 heavy (non-hydrogen) atoms. The summed E-state index contributed by atoms with van der Waals surface area (Å²) < 4.78 is 40.7. The van der Waals surface area contributed by atoms with Crippen LogP contribution >= 0.6 is 0 Å². The first-order valence-corrected chi connectivity index (χ1v) is 3.78. The summed E-state index contributed by atoms with van der Waals surface area (Å²) in [7, 11) is 0. The summed E-state index contributed by atoms with van der Waals surface area (Å²) in [5.74, 6) is 0.229. The molecule has 0 amide bonds. The highest BCUT2D eigenvalue weighted by Crippen LogP contribution is 2.24. The van der Waals surface area contributed by atoms with Gasteiger partial charge in [0.15, 0.2) is 6.10 Å². The number of rotatable bonds is 2. The lowest BCUT2D eigenvalue weighted by Gasteiger charge is -2.17. The fraction of sp³-hybridized carbons (Fsp3) is 0.333. The van der Waals surface area contributed by atoms with Crippen molar-refractivity contribution in [3.05, 3.63) is 30.3 Å². The van der Waals surface area contributed by atoms with Crippen LogP contribution in [0.2, 0.25) is 0 Å². The van der Waals surface area contributed by atoms with Crippen molar-refractivity contribution in [3.8, 4) is 5.75 Å². The van der Waals surface area contributed by atoms with Crippen LogP contribution in [0.25, 0.3) is 0 Å². The van der Waals surface area contributed by atoms with Crippen molar-refractivity contribution in [1.29, 1.82) is 0 Å². The molecule has 1 rings (SSSR count). The van der Waals surface area contributed by atoms with Crippen molar-refractivity contribution in [3.63, 3.8) is 0 Å². The third-order valence-electron chi connectivity index (χ3n) is 1.52. The van der Waals surface area contributed by atoms with Crippen molar-refractivity contribution in [2.75, 3.05) is 0 Å². The normalized spacial score (nSPS) is 13.8. The third-order valence-corrected chi connectivity index (χ3v) is 1.52. The molecule has 1 aromatic rings. The van der Waals surface area contributed by atoms with Gasteiger partial charge < -0.3 is 4.74 Å². The molecule has 0 spiro atoms. The van der Waals surface area contributed by atoms with E-state index in [-0.39, 0.29) is 5.75 Å². The van der Waals surface area contributed by atoms with Crippen molar-refractivity contribution in [2.24, 2.45) is 0 Å². The van der Waals surface area contributed by atoms with Crippen LogP contribution in [-0.4, -0.2) is 12.3 Å². The number of alkyl halides is 3. The topological polar surface area (TPSA) is 9.23 Å². The number of para-hydroxylation sites is 1. The molecule has 0 aliphatic rings. The Morgan fingerprint density at radius 1 is 1.15 bits per heavy atom. The van der Waals surface area contributed by atoms with Crippen LogP contribution < -0.4 is 4.74 Å². The predicted octanol–water partition coefficient (Wildman–Crippen LogP) is 3.02. The summed E-state index contributed by atoms with van der Waals surface area (Å²) in [5, 5.41) is 0. The maximum Gasteiger partial charge on any atom is 0.425 e. The molecule has 4 heteroatoms. The molecule has 0 bridgehead atoms. The number of benzene rings is 1. The van der Waals surface area contributed by atoms with Gasteiger partial charge in [0.1, 0.15) is 5.75 Å². The van der Waals surface area contributed by atoms with Crippen molar-refractivity contribution in [1.82, 2.24) is 0 Å². The molecule has 72 valence electrons. The molecule has 0 unspecified atom stereocenters. The molecule has 0 aromatic heterocycles. The van der Waals surface area contributed by atoms with Crippen LogP contribution in [0.1, 0.15) is 6.92 Å². The van der Waals surface area contributed by atoms with Gasteiger partial charge in [-0.05, 0) is 19.1 Å². The summed E-state index contributed by atoms with van der Waals surface area (Å²) in [5.41, 5.74) is 0. The quantitative estimate of drug-likeness (QED) is 0.696. The second kappa shape index (κ2) is 3.68. The highest BCUT2D eigenvalue weighted by Gasteiger charge is 2.37. The zero-order valence-electron chi connectivity index (χ0n) is 7.01. The second-order valence-electron chi connectivity index (χ2n) is 2.61. The van der Waals surface area contributed by atoms with Gasteiger partial charge in [0.05, 0.1) is 0 Å². The van der Waals surface area contributed by atoms with Gasteiger partial charge in [0, 0.05) is 0 Å². The van der Waals surface area contributed by atoms with Crippen LogP contribution in [0.4, 0.5) is 13.2 Å². The van der Waals surface area contributed by atoms with E-state index in [1.165, 1.54) is 12.1 Å². The van der Waals surface area contributed by atoms with Crippen LogP contribution in [0.15, 0.2) is 30.3 Å². The molecule has 0 radical (unpaired) electrons. The van der Waals surface area contributed by atoms with Crippen LogP contribution in [0.3, 0.4) is 0 Å². The second-order valence-corrected chi connectivity index (χ2v) is 2.61. The Bertz CT molecular complexity index is 255. The van der Waals surface area contributed by atoms with Crippen molar-refractivity contribution in [2.45, 2.75) is 19.2 Å². The predicted molar refractivity (Wildman–Crippen MR) is 42.6 cm³/mol. The molecule has 0 aliphatic carbocycles. The standard InChI is InChI=1S/C9H9F3O/c1-7(9(10,11)12)13-8-5-3-2-4-6-8/h2-7H,1H3/t7-/m1/s1. The molecule has 0 N–H and O–H groups in total. The molecule has 0 saturated carbocycles. The van der Waals surface area contributed by atoms with Gasteiger partial charge in [-0.15, -0.1) is 0 Å². The number of halogens is 3. The van der Waals surface area contributed by atoms with Gasteiger partial charge >= 0.3 is 6.18 Å². The van der Waals surface area contributed by atoms with Crippen LogP contribution in [0.5, 0.6) is 5.75 Å². The van der Waals surface area contributed by atoms with Crippen molar-refractivity contribution >= 4 is 0 Å². The lowest BCUT2D eigenvalue weighted by atomic mass is 10.3. The fourth-order valence-corrected chi connectivity index (χ4v) is 0.770. The van der Waals surface area contributed by atoms with Crippen LogP contribution in [-0.2, 0) is 0 Å². The van der Waals surface area contributed by atoms with Gasteiger partial charge in [-0.3, -0.25) is 0 Å². The lowest BCUT2D eigenvalue weighted by molar-refractivity contribution is -0.189. The highest BCUT2D eigenvalue weighted by molar-refractivity contribution is 5.21. The molecule has 0 aliphatic heterocycles. The summed E-state index contributed by atoms with van der Waals surface area (Å²) in [6, 6.07) is 7.94. The van der Waals surface area contributed by atoms with E-state index < -0.39 is 12.3 Å². The number of ether oxygens (including phenoxy) is 1. The Morgan fingerprint density at radius 2 is 1.69 bits per heavy atom. The smallest absolute Gasteiger partial charge is 0.425 e. The molecule has 0 heterocycles. The van der Waals surface area contributed by atoms with Gasteiger partial charge in [0.2, 0.25) is 0 Å². The summed E-state index contributed by atoms with van der Waals surface area (Å²) >= 11 is 0. The van der Waals surface area contributed by atoms with E-state index in [0.29, 0.717) is 0 Å². The maximum atomic E-state index is 12.0. The highest BCUT2D eigenvalue weighted by atomic mass is 19.4. The zero-order chi connectivity index (χ0) is 9.90. The van der Waals surface area contributed by atoms with Crippen LogP contribution in [0, 0.1) is 0 Å². The average molecular weight is 190 g/mol. The first-order chi connectivity index (χ1) is 6.00. The molecular formula is C9H9F3O. The Kier molecular flexibility index (Phi) is 2.80. The van der Waals surface area contributed by atoms with Gasteiger partial charge in [-0.2, -0.15) is 13.2 Å². The molecule has 1 aromatic carbocycles. The minimum atomic E-state index is -4.31. The van der Waals surface area contributed by atoms with E-state index in [2.05, 4.69) is 4.74 Å². The van der Waals surface area contributed by atoms with E-state index in [0.717, 1.165) is 6.92 Å². The number of hydrogen-bond acceptors (Lipinski definition) is 1. The van der Waals surface area contributed by atoms with Gasteiger partial charge in [-0.25, -0.2) is 0 Å². The largest absolute Gasteiger partial charge is 0.481 e.